The van der Waals surface area contributed by atoms with Gasteiger partial charge in [-0.15, -0.1) is 0 Å². The van der Waals surface area contributed by atoms with Crippen LogP contribution in [0.4, 0.5) is 11.4 Å². The number of hydrogen-bond acceptors (Lipinski definition) is 5. The molecule has 1 aromatic carbocycles. The molecule has 4 N–H and O–H groups in total. The Morgan fingerprint density at radius 1 is 1.40 bits per heavy atom. The Balaban J connectivity index is 3.15. The van der Waals surface area contributed by atoms with Crippen LogP contribution in [-0.2, 0) is 4.74 Å². The van der Waals surface area contributed by atoms with Crippen LogP contribution in [0.15, 0.2) is 12.1 Å². The molecule has 0 saturated heterocycles. The summed E-state index contributed by atoms with van der Waals surface area (Å²) in [5.41, 5.74) is 12.0. The van der Waals surface area contributed by atoms with Crippen molar-refractivity contribution in [3.8, 4) is 5.75 Å². The maximum atomic E-state index is 11.5. The van der Waals surface area contributed by atoms with Gasteiger partial charge < -0.3 is 20.9 Å². The number of anilines is 2. The van der Waals surface area contributed by atoms with Crippen LogP contribution < -0.4 is 16.2 Å². The zero-order chi connectivity index (χ0) is 11.4. The molecule has 1 rings (SSSR count). The predicted molar refractivity (Wildman–Crippen MR) is 57.8 cm³/mol. The number of rotatable bonds is 3. The van der Waals surface area contributed by atoms with E-state index in [1.165, 1.54) is 13.2 Å². The minimum absolute atomic E-state index is 0.217. The standard InChI is InChI=1S/C10H14N2O3/c1-3-15-10(13)7-4-6(14-2)5-8(11)9(7)12/h4-5H,3,11-12H2,1-2H3. The molecule has 0 saturated carbocycles. The minimum atomic E-state index is -0.499. The summed E-state index contributed by atoms with van der Waals surface area (Å²) in [6.45, 7) is 2.01. The molecule has 0 aliphatic carbocycles. The van der Waals surface area contributed by atoms with Crippen LogP contribution in [0.1, 0.15) is 17.3 Å². The van der Waals surface area contributed by atoms with Crippen LogP contribution >= 0.6 is 0 Å². The average Bonchev–Trinajstić information content (AvgIpc) is 2.22. The fraction of sp³-hybridized carbons (Fsp3) is 0.300. The number of ether oxygens (including phenoxy) is 2. The Morgan fingerprint density at radius 2 is 2.07 bits per heavy atom. The maximum absolute atomic E-state index is 11.5. The quantitative estimate of drug-likeness (QED) is 0.574. The molecule has 5 nitrogen and oxygen atoms in total. The Labute approximate surface area is 88.0 Å². The third kappa shape index (κ3) is 2.31. The van der Waals surface area contributed by atoms with Crippen LogP contribution in [0, 0.1) is 0 Å². The summed E-state index contributed by atoms with van der Waals surface area (Å²) in [6.07, 6.45) is 0. The summed E-state index contributed by atoms with van der Waals surface area (Å²) >= 11 is 0. The van der Waals surface area contributed by atoms with Gasteiger partial charge in [-0.05, 0) is 13.0 Å². The molecule has 0 fully saturated rings. The van der Waals surface area contributed by atoms with Gasteiger partial charge in [0.15, 0.2) is 0 Å². The molecule has 15 heavy (non-hydrogen) atoms. The van der Waals surface area contributed by atoms with E-state index in [-0.39, 0.29) is 17.9 Å². The number of nitrogen functional groups attached to an aromatic ring is 2. The number of esters is 1. The zero-order valence-electron chi connectivity index (χ0n) is 8.74. The van der Waals surface area contributed by atoms with Crippen molar-refractivity contribution in [2.45, 2.75) is 6.92 Å². The molecular formula is C10H14N2O3. The highest BCUT2D eigenvalue weighted by atomic mass is 16.5. The van der Waals surface area contributed by atoms with E-state index in [4.69, 9.17) is 20.9 Å². The molecular weight excluding hydrogens is 196 g/mol. The lowest BCUT2D eigenvalue weighted by Crippen LogP contribution is -2.10. The lowest BCUT2D eigenvalue weighted by atomic mass is 10.1. The van der Waals surface area contributed by atoms with Crippen molar-refractivity contribution in [2.75, 3.05) is 25.2 Å². The normalized spacial score (nSPS) is 9.73. The lowest BCUT2D eigenvalue weighted by molar-refractivity contribution is 0.0527. The molecule has 5 heteroatoms. The average molecular weight is 210 g/mol. The summed E-state index contributed by atoms with van der Waals surface area (Å²) in [5.74, 6) is -0.0228. The second kappa shape index (κ2) is 4.54. The first-order valence-electron chi connectivity index (χ1n) is 4.50. The van der Waals surface area contributed by atoms with Gasteiger partial charge in [-0.25, -0.2) is 4.79 Å². The van der Waals surface area contributed by atoms with Gasteiger partial charge in [-0.2, -0.15) is 0 Å². The highest BCUT2D eigenvalue weighted by molar-refractivity contribution is 5.98. The molecule has 0 atom stereocenters. The first-order chi connectivity index (χ1) is 7.10. The van der Waals surface area contributed by atoms with Gasteiger partial charge in [-0.3, -0.25) is 0 Å². The smallest absolute Gasteiger partial charge is 0.340 e. The third-order valence-corrected chi connectivity index (χ3v) is 1.92. The molecule has 0 spiro atoms. The van der Waals surface area contributed by atoms with E-state index in [0.29, 0.717) is 11.4 Å². The number of carbonyl (C=O) groups excluding carboxylic acids is 1. The van der Waals surface area contributed by atoms with Crippen LogP contribution in [0.3, 0.4) is 0 Å². The summed E-state index contributed by atoms with van der Waals surface area (Å²) in [4.78, 5) is 11.5. The van der Waals surface area contributed by atoms with E-state index in [1.807, 2.05) is 0 Å². The van der Waals surface area contributed by atoms with Gasteiger partial charge in [-0.1, -0.05) is 0 Å². The van der Waals surface area contributed by atoms with E-state index >= 15 is 0 Å². The molecule has 0 amide bonds. The minimum Gasteiger partial charge on any atom is -0.497 e. The van der Waals surface area contributed by atoms with Crippen molar-refractivity contribution in [3.05, 3.63) is 17.7 Å². The molecule has 0 aliphatic heterocycles. The Kier molecular flexibility index (Phi) is 3.38. The Hall–Kier alpha value is -1.91. The fourth-order valence-corrected chi connectivity index (χ4v) is 1.14. The summed E-state index contributed by atoms with van der Waals surface area (Å²) < 4.78 is 9.81. The van der Waals surface area contributed by atoms with Crippen molar-refractivity contribution >= 4 is 17.3 Å². The van der Waals surface area contributed by atoms with E-state index in [0.717, 1.165) is 0 Å². The van der Waals surface area contributed by atoms with Gasteiger partial charge in [0.1, 0.15) is 5.75 Å². The fourth-order valence-electron chi connectivity index (χ4n) is 1.14. The van der Waals surface area contributed by atoms with Gasteiger partial charge >= 0.3 is 5.97 Å². The topological polar surface area (TPSA) is 87.6 Å². The van der Waals surface area contributed by atoms with Crippen molar-refractivity contribution in [2.24, 2.45) is 0 Å². The van der Waals surface area contributed by atoms with E-state index in [9.17, 15) is 4.79 Å². The second-order valence-corrected chi connectivity index (χ2v) is 2.90. The first-order valence-corrected chi connectivity index (χ1v) is 4.50. The summed E-state index contributed by atoms with van der Waals surface area (Å²) in [6, 6.07) is 3.06. The van der Waals surface area contributed by atoms with Gasteiger partial charge in [0, 0.05) is 6.07 Å². The molecule has 82 valence electrons. The van der Waals surface area contributed by atoms with E-state index < -0.39 is 5.97 Å². The molecule has 0 aromatic heterocycles. The number of carbonyl (C=O) groups is 1. The summed E-state index contributed by atoms with van der Waals surface area (Å²) in [5, 5.41) is 0. The van der Waals surface area contributed by atoms with Crippen molar-refractivity contribution in [1.29, 1.82) is 0 Å². The van der Waals surface area contributed by atoms with Crippen LogP contribution in [0.2, 0.25) is 0 Å². The second-order valence-electron chi connectivity index (χ2n) is 2.90. The van der Waals surface area contributed by atoms with Crippen molar-refractivity contribution in [1.82, 2.24) is 0 Å². The van der Waals surface area contributed by atoms with Crippen LogP contribution in [0.25, 0.3) is 0 Å². The SMILES string of the molecule is CCOC(=O)c1cc(OC)cc(N)c1N. The molecule has 0 heterocycles. The maximum Gasteiger partial charge on any atom is 0.340 e. The number of methoxy groups -OCH3 is 1. The number of benzene rings is 1. The number of nitrogens with two attached hydrogens (primary N) is 2. The highest BCUT2D eigenvalue weighted by Crippen LogP contribution is 2.27. The molecule has 0 radical (unpaired) electrons. The monoisotopic (exact) mass is 210 g/mol. The van der Waals surface area contributed by atoms with Crippen molar-refractivity contribution in [3.63, 3.8) is 0 Å². The molecule has 0 bridgehead atoms. The number of hydrogen-bond donors (Lipinski definition) is 2. The lowest BCUT2D eigenvalue weighted by Gasteiger charge is -2.09. The van der Waals surface area contributed by atoms with E-state index in [2.05, 4.69) is 0 Å². The third-order valence-electron chi connectivity index (χ3n) is 1.92. The molecule has 0 aliphatic rings. The van der Waals surface area contributed by atoms with Crippen LogP contribution in [0.5, 0.6) is 5.75 Å². The predicted octanol–water partition coefficient (Wildman–Crippen LogP) is 1.04. The molecule has 0 unspecified atom stereocenters. The highest BCUT2D eigenvalue weighted by Gasteiger charge is 2.14. The summed E-state index contributed by atoms with van der Waals surface area (Å²) in [7, 11) is 1.49. The molecule has 1 aromatic rings. The zero-order valence-corrected chi connectivity index (χ0v) is 8.74. The Morgan fingerprint density at radius 3 is 2.60 bits per heavy atom. The Bertz CT molecular complexity index is 377. The van der Waals surface area contributed by atoms with Gasteiger partial charge in [0.25, 0.3) is 0 Å². The largest absolute Gasteiger partial charge is 0.497 e. The van der Waals surface area contributed by atoms with Gasteiger partial charge in [0.05, 0.1) is 30.7 Å². The van der Waals surface area contributed by atoms with E-state index in [1.54, 1.807) is 13.0 Å². The van der Waals surface area contributed by atoms with Crippen LogP contribution in [-0.4, -0.2) is 19.7 Å². The van der Waals surface area contributed by atoms with Gasteiger partial charge in [0.2, 0.25) is 0 Å². The van der Waals surface area contributed by atoms with Crippen molar-refractivity contribution < 1.29 is 14.3 Å². The first kappa shape index (κ1) is 11.2.